The second-order valence-corrected chi connectivity index (χ2v) is 11.8. The van der Waals surface area contributed by atoms with Crippen molar-refractivity contribution in [1.82, 2.24) is 5.32 Å². The summed E-state index contributed by atoms with van der Waals surface area (Å²) in [7, 11) is 0. The zero-order chi connectivity index (χ0) is 21.8. The standard InChI is InChI=1S/C23H31N3O3.Hf.Hg/c1-14-8-9-17(15(14)2)12-22(28)24-20-10-18(16(3)27)11-21(13-20)26-23(29)25-19-6-4-5-7-19;;/h11,14-15,17,19H,4-9,12H2,1-3H3,(H,24,28)(H2,25,26,29);;/q-1;;. The van der Waals surface area contributed by atoms with Gasteiger partial charge in [0.2, 0.25) is 0 Å². The summed E-state index contributed by atoms with van der Waals surface area (Å²) < 4.78 is 0.891. The predicted molar refractivity (Wildman–Crippen MR) is 114 cm³/mol. The van der Waals surface area contributed by atoms with Crippen molar-refractivity contribution >= 4 is 32.2 Å². The summed E-state index contributed by atoms with van der Waals surface area (Å²) in [5.41, 5.74) is 1.53. The fourth-order valence-electron chi connectivity index (χ4n) is 4.62. The zero-order valence-electron chi connectivity index (χ0n) is 18.8. The molecule has 0 bridgehead atoms. The number of anilines is 2. The summed E-state index contributed by atoms with van der Waals surface area (Å²) in [6, 6.07) is 4.71. The Morgan fingerprint density at radius 2 is 1.77 bits per heavy atom. The molecule has 0 saturated heterocycles. The predicted octanol–water partition coefficient (Wildman–Crippen LogP) is 3.93. The molecule has 0 radical (unpaired) electrons. The summed E-state index contributed by atoms with van der Waals surface area (Å²) in [5, 5.41) is 8.90. The van der Waals surface area contributed by atoms with E-state index < -0.39 is 0 Å². The summed E-state index contributed by atoms with van der Waals surface area (Å²) in [6.45, 7) is 5.95. The van der Waals surface area contributed by atoms with Crippen LogP contribution in [0, 0.1) is 23.8 Å². The van der Waals surface area contributed by atoms with Gasteiger partial charge >= 0.3 is 196 Å². The number of urea groups is 1. The molecule has 0 spiro atoms. The summed E-state index contributed by atoms with van der Waals surface area (Å²) >= 11 is 0.112. The van der Waals surface area contributed by atoms with Gasteiger partial charge in [-0.05, 0) is 0 Å². The van der Waals surface area contributed by atoms with Gasteiger partial charge in [-0.2, -0.15) is 0 Å². The van der Waals surface area contributed by atoms with E-state index in [1.54, 1.807) is 6.07 Å². The van der Waals surface area contributed by atoms with Crippen LogP contribution < -0.4 is 19.0 Å². The van der Waals surface area contributed by atoms with Crippen LogP contribution in [-0.2, 0) is 56.8 Å². The Morgan fingerprint density at radius 3 is 2.35 bits per heavy atom. The van der Waals surface area contributed by atoms with Crippen LogP contribution in [0.25, 0.3) is 0 Å². The maximum Gasteiger partial charge on any atom is 0 e. The molecule has 2 aliphatic carbocycles. The monoisotopic (exact) mass is 779 g/mol. The molecule has 6 nitrogen and oxygen atoms in total. The van der Waals surface area contributed by atoms with Crippen LogP contribution >= 0.6 is 0 Å². The first kappa shape index (κ1) is 26.7. The van der Waals surface area contributed by atoms with Gasteiger partial charge in [0.1, 0.15) is 0 Å². The van der Waals surface area contributed by atoms with E-state index in [1.165, 1.54) is 13.3 Å². The zero-order valence-corrected chi connectivity index (χ0v) is 27.9. The average Bonchev–Trinajstić information content (AvgIpc) is 3.30. The van der Waals surface area contributed by atoms with Gasteiger partial charge in [0.15, 0.2) is 0 Å². The van der Waals surface area contributed by atoms with Crippen molar-refractivity contribution in [3.63, 3.8) is 0 Å². The second-order valence-electron chi connectivity index (χ2n) is 9.01. The average molecular weight is 777 g/mol. The number of Topliss-reactive ketones (excluding diaryl/α,β-unsaturated/α-hetero) is 1. The minimum Gasteiger partial charge on any atom is 0 e. The molecule has 1 aromatic carbocycles. The van der Waals surface area contributed by atoms with Gasteiger partial charge < -0.3 is 0 Å². The van der Waals surface area contributed by atoms with Crippen LogP contribution in [0.3, 0.4) is 0 Å². The molecule has 2 fully saturated rings. The van der Waals surface area contributed by atoms with Crippen LogP contribution in [0.1, 0.15) is 76.1 Å². The van der Waals surface area contributed by atoms with E-state index in [9.17, 15) is 14.4 Å². The van der Waals surface area contributed by atoms with Crippen molar-refractivity contribution in [3.8, 4) is 0 Å². The number of nitrogens with one attached hydrogen (secondary N) is 3. The molecular formula is C23H31HfHgN3O3-. The molecule has 0 aromatic heterocycles. The van der Waals surface area contributed by atoms with E-state index in [0.29, 0.717) is 41.1 Å². The first-order valence-electron chi connectivity index (χ1n) is 11.0. The minimum atomic E-state index is -0.250. The largest absolute Gasteiger partial charge is 0 e. The number of hydrogen-bond acceptors (Lipinski definition) is 3. The number of carbonyl (C=O) groups is 3. The minimum absolute atomic E-state index is 0. The Kier molecular flexibility index (Phi) is 10.4. The van der Waals surface area contributed by atoms with Crippen LogP contribution in [0.15, 0.2) is 6.07 Å². The van der Waals surface area contributed by atoms with Gasteiger partial charge in [-0.3, -0.25) is 0 Å². The molecular weight excluding hydrogens is 745 g/mol. The number of rotatable bonds is 6. The number of hydrogen-bond donors (Lipinski definition) is 3. The van der Waals surface area contributed by atoms with E-state index in [-0.39, 0.29) is 75.7 Å². The molecule has 3 rings (SSSR count). The van der Waals surface area contributed by atoms with Gasteiger partial charge in [-0.25, -0.2) is 0 Å². The SMILES string of the molecule is CC(=O)c1[c-]c(NC(=O)CC2CCC(C)C2C)[c]([Hg])c(NC(=O)NC2CCCC2)c1.[Hf]. The Morgan fingerprint density at radius 1 is 1.10 bits per heavy atom. The maximum absolute atomic E-state index is 12.7. The van der Waals surface area contributed by atoms with E-state index in [0.717, 1.165) is 35.2 Å². The van der Waals surface area contributed by atoms with Crippen molar-refractivity contribution < 1.29 is 66.3 Å². The van der Waals surface area contributed by atoms with Gasteiger partial charge in [0, 0.05) is 25.8 Å². The molecule has 3 N–H and O–H groups in total. The van der Waals surface area contributed by atoms with Crippen molar-refractivity contribution in [2.45, 2.75) is 71.8 Å². The molecule has 163 valence electrons. The molecule has 0 heterocycles. The first-order valence-corrected chi connectivity index (χ1v) is 13.8. The Bertz CT molecular complexity index is 827. The number of ketones is 1. The number of benzene rings is 1. The summed E-state index contributed by atoms with van der Waals surface area (Å²) in [4.78, 5) is 37.2. The van der Waals surface area contributed by atoms with Crippen LogP contribution in [-0.4, -0.2) is 23.8 Å². The topological polar surface area (TPSA) is 87.3 Å². The third-order valence-electron chi connectivity index (χ3n) is 6.84. The Balaban J connectivity index is 0.00000341. The van der Waals surface area contributed by atoms with Crippen LogP contribution in [0.5, 0.6) is 0 Å². The third-order valence-corrected chi connectivity index (χ3v) is 9.69. The van der Waals surface area contributed by atoms with E-state index >= 15 is 0 Å². The quantitative estimate of drug-likeness (QED) is 0.233. The Hall–Kier alpha value is -0.565. The molecule has 2 aliphatic rings. The fraction of sp³-hybridized carbons (Fsp3) is 0.609. The van der Waals surface area contributed by atoms with E-state index in [1.807, 2.05) is 0 Å². The van der Waals surface area contributed by atoms with E-state index in [2.05, 4.69) is 35.9 Å². The van der Waals surface area contributed by atoms with Crippen molar-refractivity contribution in [2.75, 3.05) is 10.6 Å². The Labute approximate surface area is 220 Å². The number of amides is 3. The molecule has 8 heteroatoms. The molecule has 0 aliphatic heterocycles. The van der Waals surface area contributed by atoms with Crippen LogP contribution in [0.4, 0.5) is 16.2 Å². The second kappa shape index (κ2) is 12.1. The molecule has 2 saturated carbocycles. The molecule has 1 aromatic rings. The smallest absolute Gasteiger partial charge is 0 e. The van der Waals surface area contributed by atoms with E-state index in [4.69, 9.17) is 0 Å². The van der Waals surface area contributed by atoms with Crippen molar-refractivity contribution in [3.05, 3.63) is 17.7 Å². The maximum atomic E-state index is 12.7. The van der Waals surface area contributed by atoms with Gasteiger partial charge in [-0.15, -0.1) is 0 Å². The molecule has 3 amide bonds. The first-order chi connectivity index (χ1) is 14.2. The van der Waals surface area contributed by atoms with Crippen LogP contribution in [0.2, 0.25) is 0 Å². The molecule has 31 heavy (non-hydrogen) atoms. The van der Waals surface area contributed by atoms with Gasteiger partial charge in [0.05, 0.1) is 0 Å². The summed E-state index contributed by atoms with van der Waals surface area (Å²) in [6.07, 6.45) is 7.03. The van der Waals surface area contributed by atoms with Crippen molar-refractivity contribution in [1.29, 1.82) is 0 Å². The fourth-order valence-corrected chi connectivity index (χ4v) is 6.05. The van der Waals surface area contributed by atoms with Crippen molar-refractivity contribution in [2.24, 2.45) is 17.8 Å². The number of carbonyl (C=O) groups excluding carboxylic acids is 3. The normalized spacial score (nSPS) is 23.2. The third kappa shape index (κ3) is 7.21. The molecule has 3 atom stereocenters. The van der Waals surface area contributed by atoms with Gasteiger partial charge in [0.25, 0.3) is 0 Å². The molecule has 3 unspecified atom stereocenters. The van der Waals surface area contributed by atoms with Gasteiger partial charge in [-0.1, -0.05) is 0 Å². The summed E-state index contributed by atoms with van der Waals surface area (Å²) in [5.74, 6) is 1.41.